The molecule has 0 aliphatic heterocycles. The van der Waals surface area contributed by atoms with Crippen LogP contribution in [0.4, 0.5) is 4.39 Å². The van der Waals surface area contributed by atoms with Crippen LogP contribution in [-0.4, -0.2) is 22.2 Å². The topological polar surface area (TPSA) is 74.2 Å². The van der Waals surface area contributed by atoms with E-state index in [9.17, 15) is 4.39 Å². The third-order valence-electron chi connectivity index (χ3n) is 4.33. The van der Waals surface area contributed by atoms with E-state index >= 15 is 0 Å². The molecule has 0 unspecified atom stereocenters. The average Bonchev–Trinajstić information content (AvgIpc) is 3.30. The summed E-state index contributed by atoms with van der Waals surface area (Å²) in [4.78, 5) is 8.98. The Balaban J connectivity index is 1.51. The lowest BCUT2D eigenvalue weighted by molar-refractivity contribution is 0.380. The van der Waals surface area contributed by atoms with E-state index in [-0.39, 0.29) is 5.82 Å². The lowest BCUT2D eigenvalue weighted by Gasteiger charge is -2.03. The summed E-state index contributed by atoms with van der Waals surface area (Å²) in [6.07, 6.45) is 0.828. The summed E-state index contributed by atoms with van der Waals surface area (Å²) in [5.41, 5.74) is 2.41. The number of aryl methyl sites for hydroxylation is 1. The number of nitrogens with zero attached hydrogens (tertiary/aromatic N) is 3. The van der Waals surface area contributed by atoms with Crippen molar-refractivity contribution in [3.63, 3.8) is 0 Å². The van der Waals surface area contributed by atoms with Crippen molar-refractivity contribution in [3.8, 4) is 17.2 Å². The normalized spacial score (nSPS) is 11.0. The van der Waals surface area contributed by atoms with Gasteiger partial charge in [-0.15, -0.1) is 0 Å². The van der Waals surface area contributed by atoms with Crippen LogP contribution in [0.3, 0.4) is 0 Å². The van der Waals surface area contributed by atoms with Gasteiger partial charge in [-0.1, -0.05) is 29.4 Å². The Labute approximate surface area is 161 Å². The van der Waals surface area contributed by atoms with E-state index in [0.29, 0.717) is 42.0 Å². The van der Waals surface area contributed by atoms with Crippen molar-refractivity contribution in [2.75, 3.05) is 7.11 Å². The van der Waals surface area contributed by atoms with E-state index in [4.69, 9.17) is 13.7 Å². The monoisotopic (exact) mass is 379 g/mol. The summed E-state index contributed by atoms with van der Waals surface area (Å²) in [5, 5.41) is 4.02. The third-order valence-corrected chi connectivity index (χ3v) is 4.33. The van der Waals surface area contributed by atoms with Crippen LogP contribution >= 0.6 is 0 Å². The van der Waals surface area contributed by atoms with Gasteiger partial charge in [0.05, 0.1) is 31.2 Å². The van der Waals surface area contributed by atoms with E-state index in [2.05, 4.69) is 15.1 Å². The van der Waals surface area contributed by atoms with Crippen molar-refractivity contribution in [2.45, 2.75) is 19.8 Å². The van der Waals surface area contributed by atoms with Gasteiger partial charge in [0.25, 0.3) is 0 Å². The van der Waals surface area contributed by atoms with Gasteiger partial charge < -0.3 is 13.7 Å². The molecule has 0 saturated heterocycles. The van der Waals surface area contributed by atoms with Gasteiger partial charge >= 0.3 is 0 Å². The first-order valence-electron chi connectivity index (χ1n) is 8.78. The predicted molar refractivity (Wildman–Crippen MR) is 99.5 cm³/mol. The Bertz CT molecular complexity index is 1090. The second-order valence-electron chi connectivity index (χ2n) is 6.31. The van der Waals surface area contributed by atoms with Crippen molar-refractivity contribution in [1.82, 2.24) is 15.1 Å². The molecule has 0 saturated carbocycles. The molecule has 0 radical (unpaired) electrons. The zero-order valence-electron chi connectivity index (χ0n) is 15.5. The number of ether oxygens (including phenoxy) is 1. The summed E-state index contributed by atoms with van der Waals surface area (Å²) < 4.78 is 29.5. The molecule has 6 nitrogen and oxygen atoms in total. The van der Waals surface area contributed by atoms with Crippen molar-refractivity contribution in [1.29, 1.82) is 0 Å². The number of halogens is 1. The van der Waals surface area contributed by atoms with Gasteiger partial charge in [-0.05, 0) is 36.8 Å². The maximum Gasteiger partial charge on any atom is 0.231 e. The maximum absolute atomic E-state index is 13.0. The second-order valence-corrected chi connectivity index (χ2v) is 6.31. The first kappa shape index (κ1) is 17.9. The number of hydrogen-bond donors (Lipinski definition) is 0. The number of benzene rings is 2. The van der Waals surface area contributed by atoms with Crippen LogP contribution < -0.4 is 4.74 Å². The molecule has 4 aromatic rings. The minimum atomic E-state index is -0.276. The number of rotatable bonds is 6. The van der Waals surface area contributed by atoms with Crippen LogP contribution in [0.5, 0.6) is 5.75 Å². The highest BCUT2D eigenvalue weighted by molar-refractivity contribution is 5.63. The number of methoxy groups -OCH3 is 1. The molecular weight excluding hydrogens is 361 g/mol. The molecule has 142 valence electrons. The standard InChI is InChI=1S/C21H18FN3O3/c1-13-17(23-21(27-13)16-5-3-4-6-18(16)26-2)12-19-24-20(28-25-19)11-14-7-9-15(22)10-8-14/h3-10H,11-12H2,1-2H3. The minimum absolute atomic E-state index is 0.276. The van der Waals surface area contributed by atoms with E-state index in [1.54, 1.807) is 19.2 Å². The molecular formula is C21H18FN3O3. The quantitative estimate of drug-likeness (QED) is 0.495. The SMILES string of the molecule is COc1ccccc1-c1nc(Cc2noc(Cc3ccc(F)cc3)n2)c(C)o1. The molecule has 0 fully saturated rings. The molecule has 0 aliphatic rings. The molecule has 0 aliphatic carbocycles. The zero-order chi connectivity index (χ0) is 19.5. The van der Waals surface area contributed by atoms with Gasteiger partial charge in [0.2, 0.25) is 11.8 Å². The van der Waals surface area contributed by atoms with Crippen molar-refractivity contribution in [3.05, 3.63) is 83.1 Å². The molecule has 2 aromatic carbocycles. The first-order chi connectivity index (χ1) is 13.6. The van der Waals surface area contributed by atoms with Crippen LogP contribution in [0, 0.1) is 12.7 Å². The number of para-hydroxylation sites is 1. The van der Waals surface area contributed by atoms with E-state index < -0.39 is 0 Å². The zero-order valence-corrected chi connectivity index (χ0v) is 15.5. The number of hydrogen-bond acceptors (Lipinski definition) is 6. The van der Waals surface area contributed by atoms with Gasteiger partial charge in [-0.2, -0.15) is 4.98 Å². The smallest absolute Gasteiger partial charge is 0.231 e. The molecule has 0 amide bonds. The fourth-order valence-electron chi connectivity index (χ4n) is 2.89. The number of oxazole rings is 1. The minimum Gasteiger partial charge on any atom is -0.496 e. The van der Waals surface area contributed by atoms with Gasteiger partial charge in [-0.3, -0.25) is 0 Å². The lowest BCUT2D eigenvalue weighted by atomic mass is 10.1. The summed E-state index contributed by atoms with van der Waals surface area (Å²) in [7, 11) is 1.61. The summed E-state index contributed by atoms with van der Waals surface area (Å²) >= 11 is 0. The summed E-state index contributed by atoms with van der Waals surface area (Å²) in [6.45, 7) is 1.85. The van der Waals surface area contributed by atoms with Crippen LogP contribution in [0.2, 0.25) is 0 Å². The van der Waals surface area contributed by atoms with Crippen molar-refractivity contribution >= 4 is 0 Å². The number of aromatic nitrogens is 3. The molecule has 0 atom stereocenters. The Morgan fingerprint density at radius 2 is 1.79 bits per heavy atom. The fraction of sp³-hybridized carbons (Fsp3) is 0.190. The van der Waals surface area contributed by atoms with Crippen molar-refractivity contribution in [2.24, 2.45) is 0 Å². The Morgan fingerprint density at radius 3 is 2.57 bits per heavy atom. The summed E-state index contributed by atoms with van der Waals surface area (Å²) in [5.74, 6) is 2.57. The highest BCUT2D eigenvalue weighted by Crippen LogP contribution is 2.30. The Morgan fingerprint density at radius 1 is 1.00 bits per heavy atom. The summed E-state index contributed by atoms with van der Waals surface area (Å²) in [6, 6.07) is 13.7. The fourth-order valence-corrected chi connectivity index (χ4v) is 2.89. The van der Waals surface area contributed by atoms with Crippen LogP contribution in [0.1, 0.15) is 28.7 Å². The highest BCUT2D eigenvalue weighted by Gasteiger charge is 2.17. The maximum atomic E-state index is 13.0. The third kappa shape index (κ3) is 3.78. The van der Waals surface area contributed by atoms with Gasteiger partial charge in [0.15, 0.2) is 5.82 Å². The molecule has 2 heterocycles. The van der Waals surface area contributed by atoms with E-state index in [1.807, 2.05) is 31.2 Å². The van der Waals surface area contributed by atoms with Crippen LogP contribution in [-0.2, 0) is 12.8 Å². The molecule has 2 aromatic heterocycles. The van der Waals surface area contributed by atoms with E-state index in [0.717, 1.165) is 16.8 Å². The highest BCUT2D eigenvalue weighted by atomic mass is 19.1. The van der Waals surface area contributed by atoms with Crippen LogP contribution in [0.25, 0.3) is 11.5 Å². The second kappa shape index (κ2) is 7.64. The van der Waals surface area contributed by atoms with Crippen molar-refractivity contribution < 1.29 is 18.1 Å². The molecule has 28 heavy (non-hydrogen) atoms. The first-order valence-corrected chi connectivity index (χ1v) is 8.78. The Kier molecular flexibility index (Phi) is 4.89. The Hall–Kier alpha value is -3.48. The predicted octanol–water partition coefficient (Wildman–Crippen LogP) is 4.36. The molecule has 4 rings (SSSR count). The lowest BCUT2D eigenvalue weighted by Crippen LogP contribution is -1.95. The largest absolute Gasteiger partial charge is 0.496 e. The molecule has 0 spiro atoms. The van der Waals surface area contributed by atoms with Gasteiger partial charge in [-0.25, -0.2) is 9.37 Å². The average molecular weight is 379 g/mol. The van der Waals surface area contributed by atoms with Gasteiger partial charge in [0, 0.05) is 0 Å². The van der Waals surface area contributed by atoms with E-state index in [1.165, 1.54) is 12.1 Å². The molecule has 0 N–H and O–H groups in total. The van der Waals surface area contributed by atoms with Crippen LogP contribution in [0.15, 0.2) is 57.5 Å². The van der Waals surface area contributed by atoms with Gasteiger partial charge in [0.1, 0.15) is 17.3 Å². The molecule has 7 heteroatoms. The molecule has 0 bridgehead atoms.